The van der Waals surface area contributed by atoms with Crippen LogP contribution in [0.25, 0.3) is 0 Å². The minimum atomic E-state index is -4.30. The van der Waals surface area contributed by atoms with Crippen molar-refractivity contribution in [1.29, 1.82) is 0 Å². The number of nitrogens with one attached hydrogen (secondary N) is 1. The predicted octanol–water partition coefficient (Wildman–Crippen LogP) is 2.71. The van der Waals surface area contributed by atoms with E-state index in [4.69, 9.17) is 9.47 Å². The lowest BCUT2D eigenvalue weighted by Gasteiger charge is -2.09. The average molecular weight is 277 g/mol. The van der Waals surface area contributed by atoms with Crippen LogP contribution in [0.5, 0.6) is 5.75 Å². The molecule has 108 valence electrons. The number of ether oxygens (including phenoxy) is 2. The Morgan fingerprint density at radius 3 is 2.32 bits per heavy atom. The highest BCUT2D eigenvalue weighted by Crippen LogP contribution is 2.30. The summed E-state index contributed by atoms with van der Waals surface area (Å²) in [6.07, 6.45) is -3.39. The molecular formula is C13H18F3NO2. The third kappa shape index (κ3) is 6.45. The standard InChI is InChI=1S/C13H18F3NO2/c1-18-9-2-7-17-8-10-19-12-5-3-11(4-6-12)13(14,15)16/h3-6,17H,2,7-10H2,1H3. The average Bonchev–Trinajstić information content (AvgIpc) is 2.37. The van der Waals surface area contributed by atoms with E-state index in [-0.39, 0.29) is 0 Å². The Bertz CT molecular complexity index is 352. The van der Waals surface area contributed by atoms with Gasteiger partial charge in [-0.15, -0.1) is 0 Å². The molecule has 6 heteroatoms. The first kappa shape index (κ1) is 15.8. The molecule has 0 fully saturated rings. The molecule has 19 heavy (non-hydrogen) atoms. The SMILES string of the molecule is COCCCNCCOc1ccc(C(F)(F)F)cc1. The Kier molecular flexibility index (Phi) is 6.66. The van der Waals surface area contributed by atoms with E-state index in [1.54, 1.807) is 7.11 Å². The highest BCUT2D eigenvalue weighted by atomic mass is 19.4. The Balaban J connectivity index is 2.20. The van der Waals surface area contributed by atoms with Crippen LogP contribution >= 0.6 is 0 Å². The molecule has 0 aromatic heterocycles. The Morgan fingerprint density at radius 1 is 1.05 bits per heavy atom. The lowest BCUT2D eigenvalue weighted by molar-refractivity contribution is -0.137. The molecule has 0 aliphatic rings. The molecular weight excluding hydrogens is 259 g/mol. The molecule has 0 atom stereocenters. The summed E-state index contributed by atoms with van der Waals surface area (Å²) in [6.45, 7) is 2.58. The fourth-order valence-electron chi connectivity index (χ4n) is 1.45. The van der Waals surface area contributed by atoms with E-state index in [9.17, 15) is 13.2 Å². The summed E-state index contributed by atoms with van der Waals surface area (Å²) in [5.74, 6) is 0.437. The molecule has 0 heterocycles. The van der Waals surface area contributed by atoms with E-state index >= 15 is 0 Å². The zero-order valence-corrected chi connectivity index (χ0v) is 10.8. The zero-order chi connectivity index (χ0) is 14.1. The van der Waals surface area contributed by atoms with Crippen LogP contribution in [0.4, 0.5) is 13.2 Å². The van der Waals surface area contributed by atoms with E-state index in [0.717, 1.165) is 25.1 Å². The van der Waals surface area contributed by atoms with Crippen molar-refractivity contribution in [1.82, 2.24) is 5.32 Å². The van der Waals surface area contributed by atoms with Gasteiger partial charge in [-0.3, -0.25) is 0 Å². The third-order valence-corrected chi connectivity index (χ3v) is 2.43. The molecule has 0 saturated carbocycles. The molecule has 0 radical (unpaired) electrons. The minimum Gasteiger partial charge on any atom is -0.492 e. The quantitative estimate of drug-likeness (QED) is 0.741. The first-order valence-corrected chi connectivity index (χ1v) is 6.04. The fourth-order valence-corrected chi connectivity index (χ4v) is 1.45. The van der Waals surface area contributed by atoms with Gasteiger partial charge in [0.05, 0.1) is 5.56 Å². The van der Waals surface area contributed by atoms with Crippen molar-refractivity contribution in [3.8, 4) is 5.75 Å². The molecule has 0 aliphatic carbocycles. The highest BCUT2D eigenvalue weighted by Gasteiger charge is 2.29. The normalized spacial score (nSPS) is 11.6. The third-order valence-electron chi connectivity index (χ3n) is 2.43. The van der Waals surface area contributed by atoms with E-state index in [0.29, 0.717) is 25.5 Å². The van der Waals surface area contributed by atoms with Crippen molar-refractivity contribution in [3.63, 3.8) is 0 Å². The summed E-state index contributed by atoms with van der Waals surface area (Å²) >= 11 is 0. The van der Waals surface area contributed by atoms with Crippen molar-refractivity contribution in [3.05, 3.63) is 29.8 Å². The van der Waals surface area contributed by atoms with Crippen LogP contribution < -0.4 is 10.1 Å². The van der Waals surface area contributed by atoms with Crippen LogP contribution in [0.15, 0.2) is 24.3 Å². The monoisotopic (exact) mass is 277 g/mol. The van der Waals surface area contributed by atoms with Crippen molar-refractivity contribution in [2.45, 2.75) is 12.6 Å². The summed E-state index contributed by atoms with van der Waals surface area (Å²) in [7, 11) is 1.65. The van der Waals surface area contributed by atoms with Gasteiger partial charge in [-0.1, -0.05) is 0 Å². The molecule has 0 saturated heterocycles. The number of alkyl halides is 3. The number of rotatable bonds is 8. The van der Waals surface area contributed by atoms with Gasteiger partial charge >= 0.3 is 6.18 Å². The van der Waals surface area contributed by atoms with Crippen LogP contribution in [0.1, 0.15) is 12.0 Å². The topological polar surface area (TPSA) is 30.5 Å². The summed E-state index contributed by atoms with van der Waals surface area (Å²) in [5.41, 5.74) is -0.669. The summed E-state index contributed by atoms with van der Waals surface area (Å²) in [5, 5.41) is 3.14. The van der Waals surface area contributed by atoms with Crippen LogP contribution in [0.2, 0.25) is 0 Å². The molecule has 0 aliphatic heterocycles. The largest absolute Gasteiger partial charge is 0.492 e. The second-order valence-corrected chi connectivity index (χ2v) is 3.97. The van der Waals surface area contributed by atoms with Crippen LogP contribution in [-0.4, -0.2) is 33.4 Å². The van der Waals surface area contributed by atoms with Gasteiger partial charge in [0, 0.05) is 20.3 Å². The molecule has 1 rings (SSSR count). The lowest BCUT2D eigenvalue weighted by atomic mass is 10.2. The fraction of sp³-hybridized carbons (Fsp3) is 0.538. The van der Waals surface area contributed by atoms with Gasteiger partial charge < -0.3 is 14.8 Å². The minimum absolute atomic E-state index is 0.415. The van der Waals surface area contributed by atoms with Gasteiger partial charge in [0.15, 0.2) is 0 Å². The highest BCUT2D eigenvalue weighted by molar-refractivity contribution is 5.28. The number of halogens is 3. The summed E-state index contributed by atoms with van der Waals surface area (Å²) in [6, 6.07) is 4.68. The molecule has 1 aromatic rings. The van der Waals surface area contributed by atoms with E-state index in [1.165, 1.54) is 12.1 Å². The first-order chi connectivity index (χ1) is 9.04. The number of methoxy groups -OCH3 is 1. The van der Waals surface area contributed by atoms with Gasteiger partial charge in [-0.2, -0.15) is 13.2 Å². The van der Waals surface area contributed by atoms with Crippen molar-refractivity contribution in [2.24, 2.45) is 0 Å². The maximum absolute atomic E-state index is 12.3. The molecule has 0 unspecified atom stereocenters. The molecule has 0 bridgehead atoms. The molecule has 0 spiro atoms. The second-order valence-electron chi connectivity index (χ2n) is 3.97. The van der Waals surface area contributed by atoms with Crippen molar-refractivity contribution in [2.75, 3.05) is 33.4 Å². The Morgan fingerprint density at radius 2 is 1.74 bits per heavy atom. The Labute approximate surface area is 110 Å². The molecule has 1 N–H and O–H groups in total. The van der Waals surface area contributed by atoms with Gasteiger partial charge in [-0.05, 0) is 37.2 Å². The summed E-state index contributed by atoms with van der Waals surface area (Å²) in [4.78, 5) is 0. The number of hydrogen-bond donors (Lipinski definition) is 1. The first-order valence-electron chi connectivity index (χ1n) is 6.04. The van der Waals surface area contributed by atoms with Crippen LogP contribution in [0, 0.1) is 0 Å². The molecule has 0 amide bonds. The Hall–Kier alpha value is -1.27. The van der Waals surface area contributed by atoms with Gasteiger partial charge in [0.1, 0.15) is 12.4 Å². The maximum Gasteiger partial charge on any atom is 0.416 e. The van der Waals surface area contributed by atoms with E-state index in [1.807, 2.05) is 0 Å². The van der Waals surface area contributed by atoms with Gasteiger partial charge in [0.25, 0.3) is 0 Å². The second kappa shape index (κ2) is 8.01. The molecule has 1 aromatic carbocycles. The van der Waals surface area contributed by atoms with Crippen LogP contribution in [0.3, 0.4) is 0 Å². The number of hydrogen-bond acceptors (Lipinski definition) is 3. The zero-order valence-electron chi connectivity index (χ0n) is 10.8. The maximum atomic E-state index is 12.3. The van der Waals surface area contributed by atoms with E-state index in [2.05, 4.69) is 5.32 Å². The van der Waals surface area contributed by atoms with E-state index < -0.39 is 11.7 Å². The van der Waals surface area contributed by atoms with Crippen molar-refractivity contribution < 1.29 is 22.6 Å². The smallest absolute Gasteiger partial charge is 0.416 e. The predicted molar refractivity (Wildman–Crippen MR) is 66.3 cm³/mol. The summed E-state index contributed by atoms with van der Waals surface area (Å²) < 4.78 is 47.2. The molecule has 3 nitrogen and oxygen atoms in total. The lowest BCUT2D eigenvalue weighted by Crippen LogP contribution is -2.22. The van der Waals surface area contributed by atoms with Crippen LogP contribution in [-0.2, 0) is 10.9 Å². The van der Waals surface area contributed by atoms with Gasteiger partial charge in [0.2, 0.25) is 0 Å². The van der Waals surface area contributed by atoms with Gasteiger partial charge in [-0.25, -0.2) is 0 Å². The van der Waals surface area contributed by atoms with Crippen molar-refractivity contribution >= 4 is 0 Å². The number of benzene rings is 1.